The third-order valence-corrected chi connectivity index (χ3v) is 6.66. The van der Waals surface area contributed by atoms with E-state index in [0.29, 0.717) is 32.1 Å². The van der Waals surface area contributed by atoms with Gasteiger partial charge in [0.1, 0.15) is 6.61 Å². The topological polar surface area (TPSA) is 98.0 Å². The summed E-state index contributed by atoms with van der Waals surface area (Å²) in [6.07, 6.45) is 9.79. The van der Waals surface area contributed by atoms with Gasteiger partial charge in [0.25, 0.3) is 0 Å². The molecule has 0 radical (unpaired) electrons. The number of ketones is 1. The Labute approximate surface area is 181 Å². The standard InChI is InChI=1S/C22H31ClO5S/c23-22-12-10-17(29-22)9-7-15(25)8-11-19-18(20(27)13-21(19)28)6-4-2-1-3-5-16(26)14-24/h2,4,8,10-12,15,18-21,24-25,27-28H,1,3,5-7,9,13-14H2/t15-,18-,19-,20+,21-/m1/s1. The van der Waals surface area contributed by atoms with Gasteiger partial charge in [-0.2, -0.15) is 0 Å². The van der Waals surface area contributed by atoms with E-state index in [2.05, 4.69) is 0 Å². The monoisotopic (exact) mass is 442 g/mol. The van der Waals surface area contributed by atoms with Crippen molar-refractivity contribution in [2.24, 2.45) is 11.8 Å². The van der Waals surface area contributed by atoms with E-state index < -0.39 is 24.9 Å². The van der Waals surface area contributed by atoms with Crippen LogP contribution in [-0.2, 0) is 11.2 Å². The molecule has 5 nitrogen and oxygen atoms in total. The maximum atomic E-state index is 11.1. The third kappa shape index (κ3) is 8.32. The summed E-state index contributed by atoms with van der Waals surface area (Å²) in [5.74, 6) is -0.449. The molecule has 1 saturated carbocycles. The average Bonchev–Trinajstić information content (AvgIpc) is 3.23. The number of unbranched alkanes of at least 4 members (excludes halogenated alkanes) is 1. The zero-order valence-electron chi connectivity index (χ0n) is 16.5. The number of Topliss-reactive ketones (excluding diaryl/α,β-unsaturated/α-hetero) is 1. The molecule has 162 valence electrons. The van der Waals surface area contributed by atoms with Crippen LogP contribution in [0.4, 0.5) is 0 Å². The maximum Gasteiger partial charge on any atom is 0.158 e. The highest BCUT2D eigenvalue weighted by molar-refractivity contribution is 7.16. The number of halogens is 1. The van der Waals surface area contributed by atoms with Crippen molar-refractivity contribution in [2.75, 3.05) is 6.61 Å². The van der Waals surface area contributed by atoms with Gasteiger partial charge in [-0.3, -0.25) is 4.79 Å². The number of carbonyl (C=O) groups excluding carboxylic acids is 1. The van der Waals surface area contributed by atoms with Gasteiger partial charge in [-0.1, -0.05) is 35.9 Å². The van der Waals surface area contributed by atoms with E-state index in [1.165, 1.54) is 11.3 Å². The van der Waals surface area contributed by atoms with Crippen LogP contribution in [0, 0.1) is 11.8 Å². The fourth-order valence-electron chi connectivity index (χ4n) is 3.70. The van der Waals surface area contributed by atoms with Crippen LogP contribution in [0.1, 0.15) is 43.4 Å². The minimum atomic E-state index is -0.620. The van der Waals surface area contributed by atoms with Crippen molar-refractivity contribution in [3.8, 4) is 0 Å². The number of carbonyl (C=O) groups is 1. The molecule has 0 aliphatic heterocycles. The molecule has 0 bridgehead atoms. The van der Waals surface area contributed by atoms with Crippen LogP contribution in [0.2, 0.25) is 4.34 Å². The van der Waals surface area contributed by atoms with Gasteiger partial charge in [-0.15, -0.1) is 11.3 Å². The van der Waals surface area contributed by atoms with Crippen molar-refractivity contribution < 1.29 is 25.2 Å². The van der Waals surface area contributed by atoms with Gasteiger partial charge in [0.15, 0.2) is 5.78 Å². The van der Waals surface area contributed by atoms with Crippen molar-refractivity contribution in [3.63, 3.8) is 0 Å². The number of aliphatic hydroxyl groups is 4. The molecule has 0 amide bonds. The van der Waals surface area contributed by atoms with Gasteiger partial charge in [0.2, 0.25) is 0 Å². The number of aryl methyl sites for hydroxylation is 1. The second-order valence-electron chi connectivity index (χ2n) is 7.60. The predicted octanol–water partition coefficient (Wildman–Crippen LogP) is 3.29. The Bertz CT molecular complexity index is 686. The van der Waals surface area contributed by atoms with Crippen molar-refractivity contribution in [1.29, 1.82) is 0 Å². The van der Waals surface area contributed by atoms with E-state index in [1.807, 2.05) is 30.4 Å². The molecule has 1 aromatic heterocycles. The summed E-state index contributed by atoms with van der Waals surface area (Å²) < 4.78 is 0.740. The SMILES string of the molecule is O=C(CO)CCCC=CC[C@@H]1[C@@H](C=C[C@H](O)CCc2ccc(Cl)s2)[C@H](O)C[C@@H]1O. The lowest BCUT2D eigenvalue weighted by molar-refractivity contribution is -0.121. The fraction of sp³-hybridized carbons (Fsp3) is 0.591. The Kier molecular flexibility index (Phi) is 10.6. The van der Waals surface area contributed by atoms with E-state index in [4.69, 9.17) is 16.7 Å². The van der Waals surface area contributed by atoms with E-state index in [1.54, 1.807) is 6.08 Å². The second-order valence-corrected chi connectivity index (χ2v) is 9.40. The number of hydrogen-bond acceptors (Lipinski definition) is 6. The molecule has 0 unspecified atom stereocenters. The van der Waals surface area contributed by atoms with Crippen molar-refractivity contribution in [1.82, 2.24) is 0 Å². The van der Waals surface area contributed by atoms with Gasteiger partial charge in [0.05, 0.1) is 22.6 Å². The van der Waals surface area contributed by atoms with Crippen LogP contribution in [-0.4, -0.2) is 51.1 Å². The smallest absolute Gasteiger partial charge is 0.158 e. The first-order valence-electron chi connectivity index (χ1n) is 10.1. The minimum absolute atomic E-state index is 0.0973. The van der Waals surface area contributed by atoms with Crippen LogP contribution in [0.5, 0.6) is 0 Å². The maximum absolute atomic E-state index is 11.1. The van der Waals surface area contributed by atoms with Crippen molar-refractivity contribution >= 4 is 28.7 Å². The molecular weight excluding hydrogens is 412 g/mol. The summed E-state index contributed by atoms with van der Waals surface area (Å²) in [5.41, 5.74) is 0. The fourth-order valence-corrected chi connectivity index (χ4v) is 4.81. The van der Waals surface area contributed by atoms with Crippen LogP contribution in [0.3, 0.4) is 0 Å². The molecule has 0 aromatic carbocycles. The first-order chi connectivity index (χ1) is 13.9. The van der Waals surface area contributed by atoms with Crippen LogP contribution in [0.25, 0.3) is 0 Å². The molecule has 1 fully saturated rings. The van der Waals surface area contributed by atoms with E-state index >= 15 is 0 Å². The number of thiophene rings is 1. The lowest BCUT2D eigenvalue weighted by Crippen LogP contribution is -2.20. The van der Waals surface area contributed by atoms with Crippen LogP contribution < -0.4 is 0 Å². The molecule has 0 spiro atoms. The lowest BCUT2D eigenvalue weighted by atomic mass is 9.89. The zero-order valence-corrected chi connectivity index (χ0v) is 18.1. The van der Waals surface area contributed by atoms with Gasteiger partial charge < -0.3 is 20.4 Å². The van der Waals surface area contributed by atoms with Gasteiger partial charge >= 0.3 is 0 Å². The Morgan fingerprint density at radius 3 is 2.76 bits per heavy atom. The van der Waals surface area contributed by atoms with Gasteiger partial charge in [-0.25, -0.2) is 0 Å². The Morgan fingerprint density at radius 1 is 1.28 bits per heavy atom. The molecule has 5 atom stereocenters. The second kappa shape index (κ2) is 12.6. The molecule has 1 heterocycles. The van der Waals surface area contributed by atoms with Crippen LogP contribution in [0.15, 0.2) is 36.4 Å². The van der Waals surface area contributed by atoms with E-state index in [9.17, 15) is 20.1 Å². The Morgan fingerprint density at radius 2 is 2.07 bits per heavy atom. The summed E-state index contributed by atoms with van der Waals surface area (Å²) in [4.78, 5) is 12.2. The quantitative estimate of drug-likeness (QED) is 0.294. The summed E-state index contributed by atoms with van der Waals surface area (Å²) in [6, 6.07) is 3.81. The molecule has 1 aliphatic rings. The van der Waals surface area contributed by atoms with Gasteiger partial charge in [0, 0.05) is 23.6 Å². The summed E-state index contributed by atoms with van der Waals surface area (Å²) in [7, 11) is 0. The summed E-state index contributed by atoms with van der Waals surface area (Å²) in [6.45, 7) is -0.406. The molecule has 0 saturated heterocycles. The number of rotatable bonds is 12. The summed E-state index contributed by atoms with van der Waals surface area (Å²) >= 11 is 7.43. The Balaban J connectivity index is 1.80. The first kappa shape index (κ1) is 24.3. The van der Waals surface area contributed by atoms with E-state index in [-0.39, 0.29) is 17.6 Å². The minimum Gasteiger partial charge on any atom is -0.393 e. The number of allylic oxidation sites excluding steroid dienone is 2. The normalized spacial score (nSPS) is 26.0. The highest BCUT2D eigenvalue weighted by Gasteiger charge is 2.39. The molecule has 1 aromatic rings. The molecule has 4 N–H and O–H groups in total. The molecule has 2 rings (SSSR count). The predicted molar refractivity (Wildman–Crippen MR) is 116 cm³/mol. The third-order valence-electron chi connectivity index (χ3n) is 5.36. The van der Waals surface area contributed by atoms with Crippen LogP contribution >= 0.6 is 22.9 Å². The van der Waals surface area contributed by atoms with E-state index in [0.717, 1.165) is 22.1 Å². The molecular formula is C22H31ClO5S. The lowest BCUT2D eigenvalue weighted by Gasteiger charge is -2.19. The molecule has 1 aliphatic carbocycles. The molecule has 7 heteroatoms. The van der Waals surface area contributed by atoms with Crippen molar-refractivity contribution in [3.05, 3.63) is 45.7 Å². The zero-order chi connectivity index (χ0) is 21.2. The molecule has 29 heavy (non-hydrogen) atoms. The van der Waals surface area contributed by atoms with Gasteiger partial charge in [-0.05, 0) is 50.2 Å². The summed E-state index contributed by atoms with van der Waals surface area (Å²) in [5, 5.41) is 39.5. The largest absolute Gasteiger partial charge is 0.393 e. The van der Waals surface area contributed by atoms with Crippen molar-refractivity contribution in [2.45, 2.75) is 63.3 Å². The number of hydrogen-bond donors (Lipinski definition) is 4. The first-order valence-corrected chi connectivity index (χ1v) is 11.3. The Hall–Kier alpha value is -1.02. The highest BCUT2D eigenvalue weighted by atomic mass is 35.5. The average molecular weight is 443 g/mol. The highest BCUT2D eigenvalue weighted by Crippen LogP contribution is 2.36. The number of aliphatic hydroxyl groups excluding tert-OH is 4.